The lowest BCUT2D eigenvalue weighted by Crippen LogP contribution is -2.54. The molecular weight excluding hydrogens is 797 g/mol. The van der Waals surface area contributed by atoms with E-state index in [0.29, 0.717) is 43.3 Å². The number of rotatable bonds is 13. The minimum absolute atomic E-state index is 0.00410. The van der Waals surface area contributed by atoms with E-state index >= 15 is 0 Å². The Hall–Kier alpha value is -7.24. The summed E-state index contributed by atoms with van der Waals surface area (Å²) >= 11 is 0. The van der Waals surface area contributed by atoms with Gasteiger partial charge in [-0.1, -0.05) is 24.3 Å². The van der Waals surface area contributed by atoms with Crippen LogP contribution in [0.3, 0.4) is 0 Å². The zero-order chi connectivity index (χ0) is 42.9. The Morgan fingerprint density at radius 2 is 1.71 bits per heavy atom. The normalized spacial score (nSPS) is 20.1. The Kier molecular flexibility index (Phi) is 11.0. The summed E-state index contributed by atoms with van der Waals surface area (Å²) in [7, 11) is 0. The minimum atomic E-state index is -1.10. The van der Waals surface area contributed by atoms with Gasteiger partial charge in [0.05, 0.1) is 24.1 Å². The monoisotopic (exact) mass is 840 g/mol. The minimum Gasteiger partial charge on any atom is -0.493 e. The molecule has 0 bridgehead atoms. The van der Waals surface area contributed by atoms with Crippen LogP contribution in [-0.2, 0) is 20.9 Å². The van der Waals surface area contributed by atoms with E-state index in [4.69, 9.17) is 9.47 Å². The SMILES string of the molecule is Cc1cccc(C(=O)NC2CC(n3cnc4c(NCc5cccc(OCC6CCN(C(=O)COc7cccc8c7C(=O)N(C7CCC(=O)NC7=O)C8=O)CC6)c5)ncnc43)C2)n1. The van der Waals surface area contributed by atoms with E-state index in [2.05, 4.69) is 35.9 Å². The number of aromatic nitrogens is 5. The average Bonchev–Trinajstić information content (AvgIpc) is 3.80. The number of benzene rings is 2. The van der Waals surface area contributed by atoms with E-state index in [0.717, 1.165) is 53.2 Å². The number of aryl methyl sites for hydroxylation is 1. The predicted molar refractivity (Wildman–Crippen MR) is 221 cm³/mol. The summed E-state index contributed by atoms with van der Waals surface area (Å²) in [4.78, 5) is 97.0. The van der Waals surface area contributed by atoms with Gasteiger partial charge in [-0.25, -0.2) is 19.9 Å². The zero-order valence-corrected chi connectivity index (χ0v) is 33.9. The number of anilines is 1. The number of fused-ring (bicyclic) bond motifs is 2. The van der Waals surface area contributed by atoms with Crippen molar-refractivity contribution in [3.63, 3.8) is 0 Å². The van der Waals surface area contributed by atoms with E-state index in [9.17, 15) is 28.8 Å². The Balaban J connectivity index is 0.724. The molecule has 0 radical (unpaired) electrons. The first kappa shape index (κ1) is 40.2. The lowest BCUT2D eigenvalue weighted by molar-refractivity contribution is -0.136. The van der Waals surface area contributed by atoms with Gasteiger partial charge in [0.1, 0.15) is 35.1 Å². The quantitative estimate of drug-likeness (QED) is 0.145. The van der Waals surface area contributed by atoms with Crippen molar-refractivity contribution < 1.29 is 38.2 Å². The first-order chi connectivity index (χ1) is 30.1. The van der Waals surface area contributed by atoms with Crippen LogP contribution in [-0.4, -0.2) is 108 Å². The maximum atomic E-state index is 13.4. The summed E-state index contributed by atoms with van der Waals surface area (Å²) < 4.78 is 14.1. The van der Waals surface area contributed by atoms with Crippen LogP contribution in [0.5, 0.6) is 11.5 Å². The molecule has 3 fully saturated rings. The summed E-state index contributed by atoms with van der Waals surface area (Å²) in [6.07, 6.45) is 6.35. The summed E-state index contributed by atoms with van der Waals surface area (Å²) in [5.41, 5.74) is 3.69. The van der Waals surface area contributed by atoms with E-state index < -0.39 is 29.7 Å². The van der Waals surface area contributed by atoms with Crippen LogP contribution in [0.2, 0.25) is 0 Å². The molecule has 18 heteroatoms. The fourth-order valence-electron chi connectivity index (χ4n) is 8.44. The van der Waals surface area contributed by atoms with Gasteiger partial charge >= 0.3 is 0 Å². The van der Waals surface area contributed by atoms with Crippen LogP contribution in [0.1, 0.15) is 87.0 Å². The molecule has 1 unspecified atom stereocenters. The number of pyridine rings is 1. The highest BCUT2D eigenvalue weighted by atomic mass is 16.5. The summed E-state index contributed by atoms with van der Waals surface area (Å²) in [6.45, 7) is 3.54. The van der Waals surface area contributed by atoms with Gasteiger partial charge in [0, 0.05) is 43.8 Å². The van der Waals surface area contributed by atoms with Crippen molar-refractivity contribution >= 4 is 52.4 Å². The Labute approximate surface area is 355 Å². The van der Waals surface area contributed by atoms with Crippen molar-refractivity contribution in [3.8, 4) is 11.5 Å². The lowest BCUT2D eigenvalue weighted by atomic mass is 9.86. The second-order valence-corrected chi connectivity index (χ2v) is 16.1. The molecule has 1 saturated carbocycles. The smallest absolute Gasteiger partial charge is 0.270 e. The second-order valence-electron chi connectivity index (χ2n) is 16.1. The third-order valence-electron chi connectivity index (χ3n) is 11.9. The van der Waals surface area contributed by atoms with Gasteiger partial charge in [0.15, 0.2) is 18.1 Å². The van der Waals surface area contributed by atoms with Gasteiger partial charge < -0.3 is 29.6 Å². The molecule has 1 atom stereocenters. The highest BCUT2D eigenvalue weighted by Gasteiger charge is 2.46. The molecule has 5 aromatic rings. The number of hydrogen-bond acceptors (Lipinski definition) is 13. The van der Waals surface area contributed by atoms with Crippen LogP contribution in [0.4, 0.5) is 5.82 Å². The Morgan fingerprint density at radius 1 is 0.903 bits per heavy atom. The zero-order valence-electron chi connectivity index (χ0n) is 33.9. The number of hydrogen-bond donors (Lipinski definition) is 3. The van der Waals surface area contributed by atoms with Crippen LogP contribution < -0.4 is 25.4 Å². The van der Waals surface area contributed by atoms with Gasteiger partial charge in [0.25, 0.3) is 23.6 Å². The molecule has 18 nitrogen and oxygen atoms in total. The highest BCUT2D eigenvalue weighted by molar-refractivity contribution is 6.24. The second kappa shape index (κ2) is 17.0. The Morgan fingerprint density at radius 3 is 2.52 bits per heavy atom. The first-order valence-corrected chi connectivity index (χ1v) is 20.7. The molecule has 0 spiro atoms. The van der Waals surface area contributed by atoms with Crippen LogP contribution in [0.15, 0.2) is 73.3 Å². The van der Waals surface area contributed by atoms with Crippen LogP contribution in [0.25, 0.3) is 11.2 Å². The maximum absolute atomic E-state index is 13.4. The molecule has 9 rings (SSSR count). The molecule has 1 aliphatic carbocycles. The van der Waals surface area contributed by atoms with Crippen molar-refractivity contribution in [1.29, 1.82) is 0 Å². The fraction of sp³-hybridized carbons (Fsp3) is 0.364. The predicted octanol–water partition coefficient (Wildman–Crippen LogP) is 3.37. The summed E-state index contributed by atoms with van der Waals surface area (Å²) in [5, 5.41) is 8.66. The molecule has 3 aliphatic heterocycles. The van der Waals surface area contributed by atoms with Gasteiger partial charge in [-0.15, -0.1) is 0 Å². The third kappa shape index (κ3) is 8.14. The average molecular weight is 841 g/mol. The largest absolute Gasteiger partial charge is 0.493 e. The van der Waals surface area contributed by atoms with Gasteiger partial charge in [-0.05, 0) is 86.9 Å². The molecule has 4 aliphatic rings. The van der Waals surface area contributed by atoms with Crippen LogP contribution in [0, 0.1) is 12.8 Å². The van der Waals surface area contributed by atoms with Gasteiger partial charge in [-0.3, -0.25) is 39.0 Å². The summed E-state index contributed by atoms with van der Waals surface area (Å²) in [6, 6.07) is 16.9. The van der Waals surface area contributed by atoms with E-state index in [1.165, 1.54) is 18.5 Å². The molecule has 6 amide bonds. The number of likely N-dealkylation sites (tertiary alicyclic amines) is 1. The number of carbonyl (C=O) groups is 6. The first-order valence-electron chi connectivity index (χ1n) is 20.7. The van der Waals surface area contributed by atoms with Crippen molar-refractivity contribution in [1.82, 2.24) is 44.9 Å². The topological polar surface area (TPSA) is 220 Å². The number of imidazole rings is 1. The molecule has 318 valence electrons. The molecule has 2 saturated heterocycles. The number of ether oxygens (including phenoxy) is 2. The number of piperidine rings is 2. The lowest BCUT2D eigenvalue weighted by Gasteiger charge is -2.36. The fourth-order valence-corrected chi connectivity index (χ4v) is 8.44. The highest BCUT2D eigenvalue weighted by Crippen LogP contribution is 2.36. The molecule has 62 heavy (non-hydrogen) atoms. The number of nitrogens with zero attached hydrogens (tertiary/aromatic N) is 7. The van der Waals surface area contributed by atoms with Crippen molar-refractivity contribution in [2.75, 3.05) is 31.6 Å². The number of amides is 6. The van der Waals surface area contributed by atoms with Gasteiger partial charge in [-0.2, -0.15) is 0 Å². The maximum Gasteiger partial charge on any atom is 0.270 e. The molecule has 3 N–H and O–H groups in total. The standard InChI is InChI=1S/C44H44N10O8/c1-25-5-2-9-32(49-25)41(57)50-28-18-29(19-28)53-24-48-38-39(46-23-47-40(38)53)45-20-27-6-3-7-30(17-27)61-21-26-13-15-52(16-14-26)36(56)22-62-34-10-4-8-31-37(34)44(60)54(43(31)59)33-11-12-35(55)51-42(33)58/h2-10,17,23-24,26,28-29,33H,11-16,18-22H2,1H3,(H,50,57)(H,45,46,47)(H,51,55,58). The van der Waals surface area contributed by atoms with E-state index in [-0.39, 0.29) is 66.1 Å². The number of carbonyl (C=O) groups excluding carboxylic acids is 6. The van der Waals surface area contributed by atoms with Crippen LogP contribution >= 0.6 is 0 Å². The number of nitrogens with one attached hydrogen (secondary N) is 3. The summed E-state index contributed by atoms with van der Waals surface area (Å²) in [5.74, 6) is -1.23. The van der Waals surface area contributed by atoms with E-state index in [1.807, 2.05) is 47.9 Å². The van der Waals surface area contributed by atoms with E-state index in [1.54, 1.807) is 23.4 Å². The van der Waals surface area contributed by atoms with Gasteiger partial charge in [0.2, 0.25) is 11.8 Å². The number of imide groups is 2. The molecule has 6 heterocycles. The van der Waals surface area contributed by atoms with Crippen molar-refractivity contribution in [2.24, 2.45) is 5.92 Å². The molecule has 3 aromatic heterocycles. The molecule has 2 aromatic carbocycles. The third-order valence-corrected chi connectivity index (χ3v) is 11.9. The van der Waals surface area contributed by atoms with Crippen molar-refractivity contribution in [2.45, 2.75) is 70.1 Å². The Bertz CT molecular complexity index is 2600. The van der Waals surface area contributed by atoms with Crippen molar-refractivity contribution in [3.05, 3.63) is 101 Å². The molecular formula is C44H44N10O8.